The molecule has 1 rings (SSSR count). The number of nitrogens with one attached hydrogen (secondary N) is 1. The Balaban J connectivity index is 1.72. The lowest BCUT2D eigenvalue weighted by Gasteiger charge is -2.09. The maximum atomic E-state index is 11.8. The Kier molecular flexibility index (Phi) is 19.3. The van der Waals surface area contributed by atoms with Crippen molar-refractivity contribution in [3.63, 3.8) is 0 Å². The van der Waals surface area contributed by atoms with Gasteiger partial charge in [0.2, 0.25) is 5.91 Å². The van der Waals surface area contributed by atoms with Crippen LogP contribution in [0.4, 0.5) is 0 Å². The number of allylic oxidation sites excluding steroid dienone is 2. The molecule has 1 amide bonds. The molecule has 0 radical (unpaired) electrons. The Labute approximate surface area is 198 Å². The van der Waals surface area contributed by atoms with E-state index in [2.05, 4.69) is 24.4 Å². The predicted molar refractivity (Wildman–Crippen MR) is 135 cm³/mol. The van der Waals surface area contributed by atoms with Gasteiger partial charge in [-0.3, -0.25) is 4.79 Å². The first-order chi connectivity index (χ1) is 15.7. The van der Waals surface area contributed by atoms with Crippen LogP contribution in [0.15, 0.2) is 12.2 Å². The third kappa shape index (κ3) is 17.3. The Bertz CT molecular complexity index is 489. The topological polar surface area (TPSA) is 55.4 Å². The minimum atomic E-state index is -0.411. The number of esters is 1. The van der Waals surface area contributed by atoms with Crippen molar-refractivity contribution in [3.8, 4) is 0 Å². The largest absolute Gasteiger partial charge is 0.464 e. The van der Waals surface area contributed by atoms with Crippen molar-refractivity contribution in [2.24, 2.45) is 0 Å². The molecule has 1 N–H and O–H groups in total. The highest BCUT2D eigenvalue weighted by Crippen LogP contribution is 2.13. The third-order valence-corrected chi connectivity index (χ3v) is 6.43. The van der Waals surface area contributed by atoms with Crippen LogP contribution >= 0.6 is 0 Å². The van der Waals surface area contributed by atoms with Gasteiger partial charge in [-0.25, -0.2) is 4.79 Å². The van der Waals surface area contributed by atoms with Crippen molar-refractivity contribution in [1.29, 1.82) is 0 Å². The number of rotatable bonds is 22. The van der Waals surface area contributed by atoms with E-state index in [1.54, 1.807) is 0 Å². The van der Waals surface area contributed by atoms with Gasteiger partial charge < -0.3 is 10.1 Å². The summed E-state index contributed by atoms with van der Waals surface area (Å²) in [6.45, 7) is 2.76. The maximum absolute atomic E-state index is 11.8. The quantitative estimate of drug-likeness (QED) is 0.104. The Morgan fingerprint density at radius 1 is 0.781 bits per heavy atom. The van der Waals surface area contributed by atoms with Crippen molar-refractivity contribution >= 4 is 11.9 Å². The summed E-state index contributed by atoms with van der Waals surface area (Å²) in [5.41, 5.74) is 0. The Hall–Kier alpha value is -1.32. The third-order valence-electron chi connectivity index (χ3n) is 6.43. The van der Waals surface area contributed by atoms with Crippen LogP contribution in [-0.4, -0.2) is 24.5 Å². The maximum Gasteiger partial charge on any atom is 0.328 e. The van der Waals surface area contributed by atoms with E-state index in [1.807, 2.05) is 0 Å². The molecule has 0 aliphatic carbocycles. The van der Waals surface area contributed by atoms with E-state index in [0.717, 1.165) is 12.8 Å². The van der Waals surface area contributed by atoms with E-state index in [4.69, 9.17) is 4.74 Å². The molecule has 0 saturated carbocycles. The number of carbonyl (C=O) groups is 2. The highest BCUT2D eigenvalue weighted by atomic mass is 16.5. The van der Waals surface area contributed by atoms with Crippen LogP contribution in [0.25, 0.3) is 0 Å². The monoisotopic (exact) mass is 449 g/mol. The van der Waals surface area contributed by atoms with Crippen LogP contribution in [0.5, 0.6) is 0 Å². The molecule has 32 heavy (non-hydrogen) atoms. The fourth-order valence-electron chi connectivity index (χ4n) is 4.30. The van der Waals surface area contributed by atoms with Crippen molar-refractivity contribution in [3.05, 3.63) is 12.2 Å². The van der Waals surface area contributed by atoms with Crippen molar-refractivity contribution < 1.29 is 14.3 Å². The SMILES string of the molecule is CCCCCCCCCCCC/C=C/CCCCCCCCCOC(=O)[C@@H]1CCC(=O)N1. The van der Waals surface area contributed by atoms with Gasteiger partial charge in [-0.2, -0.15) is 0 Å². The summed E-state index contributed by atoms with van der Waals surface area (Å²) >= 11 is 0. The molecule has 1 saturated heterocycles. The zero-order valence-corrected chi connectivity index (χ0v) is 21.0. The molecule has 1 aliphatic rings. The molecule has 1 heterocycles. The van der Waals surface area contributed by atoms with Crippen LogP contribution in [0, 0.1) is 0 Å². The molecular formula is C28H51NO3. The van der Waals surface area contributed by atoms with Gasteiger partial charge >= 0.3 is 5.97 Å². The zero-order valence-electron chi connectivity index (χ0n) is 21.0. The van der Waals surface area contributed by atoms with Gasteiger partial charge in [0, 0.05) is 6.42 Å². The normalized spacial score (nSPS) is 16.0. The number of ether oxygens (including phenoxy) is 1. The Morgan fingerprint density at radius 3 is 1.72 bits per heavy atom. The second kappa shape index (κ2) is 21.5. The molecule has 0 bridgehead atoms. The lowest BCUT2D eigenvalue weighted by molar-refractivity contribution is -0.146. The molecule has 1 aliphatic heterocycles. The summed E-state index contributed by atoms with van der Waals surface area (Å²) in [5, 5.41) is 2.65. The molecule has 0 spiro atoms. The van der Waals surface area contributed by atoms with E-state index < -0.39 is 6.04 Å². The van der Waals surface area contributed by atoms with Crippen LogP contribution in [0.1, 0.15) is 142 Å². The van der Waals surface area contributed by atoms with E-state index in [0.29, 0.717) is 19.4 Å². The van der Waals surface area contributed by atoms with Crippen LogP contribution in [-0.2, 0) is 14.3 Å². The molecule has 4 nitrogen and oxygen atoms in total. The molecule has 0 aromatic carbocycles. The van der Waals surface area contributed by atoms with Crippen molar-refractivity contribution in [1.82, 2.24) is 5.32 Å². The van der Waals surface area contributed by atoms with Gasteiger partial charge in [0.15, 0.2) is 0 Å². The van der Waals surface area contributed by atoms with Crippen LogP contribution in [0.2, 0.25) is 0 Å². The fraction of sp³-hybridized carbons (Fsp3) is 0.857. The number of amides is 1. The highest BCUT2D eigenvalue weighted by molar-refractivity contribution is 5.87. The molecule has 1 fully saturated rings. The van der Waals surface area contributed by atoms with Crippen LogP contribution < -0.4 is 5.32 Å². The standard InChI is InChI=1S/C28H51NO3/c1-2-3-4-5-6-7-8-9-10-11-12-13-14-15-16-17-18-19-20-21-22-25-32-28(31)26-23-24-27(30)29-26/h13-14,26H,2-12,15-25H2,1H3,(H,29,30)/b14-13+/t26-/m0/s1. The first kappa shape index (κ1) is 28.7. The van der Waals surface area contributed by atoms with Gasteiger partial charge in [-0.05, 0) is 38.5 Å². The van der Waals surface area contributed by atoms with Gasteiger partial charge in [0.1, 0.15) is 6.04 Å². The number of unbranched alkanes of at least 4 members (excludes halogenated alkanes) is 17. The summed E-state index contributed by atoms with van der Waals surface area (Å²) in [7, 11) is 0. The minimum absolute atomic E-state index is 0.0449. The number of hydrogen-bond donors (Lipinski definition) is 1. The molecule has 186 valence electrons. The van der Waals surface area contributed by atoms with E-state index >= 15 is 0 Å². The molecule has 0 aromatic heterocycles. The highest BCUT2D eigenvalue weighted by Gasteiger charge is 2.28. The van der Waals surface area contributed by atoms with E-state index in [9.17, 15) is 9.59 Å². The van der Waals surface area contributed by atoms with E-state index in [-0.39, 0.29) is 11.9 Å². The van der Waals surface area contributed by atoms with E-state index in [1.165, 1.54) is 109 Å². The van der Waals surface area contributed by atoms with Crippen molar-refractivity contribution in [2.45, 2.75) is 148 Å². The molecule has 1 atom stereocenters. The van der Waals surface area contributed by atoms with Gasteiger partial charge in [0.25, 0.3) is 0 Å². The number of carbonyl (C=O) groups excluding carboxylic acids is 2. The zero-order chi connectivity index (χ0) is 23.1. The second-order valence-electron chi connectivity index (χ2n) is 9.53. The van der Waals surface area contributed by atoms with Crippen LogP contribution in [0.3, 0.4) is 0 Å². The molecular weight excluding hydrogens is 398 g/mol. The molecule has 0 unspecified atom stereocenters. The first-order valence-electron chi connectivity index (χ1n) is 13.8. The van der Waals surface area contributed by atoms with Gasteiger partial charge in [-0.15, -0.1) is 0 Å². The first-order valence-corrected chi connectivity index (χ1v) is 13.8. The average molecular weight is 450 g/mol. The summed E-state index contributed by atoms with van der Waals surface area (Å²) in [6, 6.07) is -0.411. The van der Waals surface area contributed by atoms with Gasteiger partial charge in [0.05, 0.1) is 6.61 Å². The lowest BCUT2D eigenvalue weighted by Crippen LogP contribution is -2.34. The summed E-state index contributed by atoms with van der Waals surface area (Å²) in [5.74, 6) is -0.311. The molecule has 4 heteroatoms. The van der Waals surface area contributed by atoms with Gasteiger partial charge in [-0.1, -0.05) is 109 Å². The average Bonchev–Trinajstić information content (AvgIpc) is 3.23. The molecule has 0 aromatic rings. The summed E-state index contributed by atoms with van der Waals surface area (Å²) in [6.07, 6.45) is 30.9. The Morgan fingerprint density at radius 2 is 1.25 bits per heavy atom. The van der Waals surface area contributed by atoms with Crippen molar-refractivity contribution in [2.75, 3.05) is 6.61 Å². The number of hydrogen-bond acceptors (Lipinski definition) is 3. The lowest BCUT2D eigenvalue weighted by atomic mass is 10.1. The smallest absolute Gasteiger partial charge is 0.328 e. The predicted octanol–water partition coefficient (Wildman–Crippen LogP) is 7.80. The second-order valence-corrected chi connectivity index (χ2v) is 9.53. The fourth-order valence-corrected chi connectivity index (χ4v) is 4.30. The summed E-state index contributed by atoms with van der Waals surface area (Å²) < 4.78 is 5.25. The minimum Gasteiger partial charge on any atom is -0.464 e. The summed E-state index contributed by atoms with van der Waals surface area (Å²) in [4.78, 5) is 22.9.